The molecule has 0 aromatic carbocycles. The van der Waals surface area contributed by atoms with Gasteiger partial charge in [-0.25, -0.2) is 4.98 Å². The van der Waals surface area contributed by atoms with E-state index in [1.807, 2.05) is 27.7 Å². The fourth-order valence-electron chi connectivity index (χ4n) is 1.91. The van der Waals surface area contributed by atoms with Crippen LogP contribution >= 0.6 is 0 Å². The Morgan fingerprint density at radius 3 is 2.25 bits per heavy atom. The maximum Gasteiger partial charge on any atom is 0.500 e. The van der Waals surface area contributed by atoms with Gasteiger partial charge in [0.05, 0.1) is 29.1 Å². The molecule has 1 unspecified atom stereocenters. The average Bonchev–Trinajstić information content (AvgIpc) is 2.57. The highest BCUT2D eigenvalue weighted by atomic mass is 32.2. The molecule has 0 N–H and O–H groups in total. The second-order valence-corrected chi connectivity index (χ2v) is 7.13. The monoisotopic (exact) mass is 297 g/mol. The van der Waals surface area contributed by atoms with Gasteiger partial charge in [0.1, 0.15) is 10.8 Å². The Bertz CT molecular complexity index is 531. The molecule has 1 atom stereocenters. The highest BCUT2D eigenvalue weighted by Gasteiger charge is 2.52. The number of methoxy groups -OCH3 is 1. The van der Waals surface area contributed by atoms with Gasteiger partial charge in [0.15, 0.2) is 0 Å². The molecular weight excluding hydrogens is 277 g/mol. The summed E-state index contributed by atoms with van der Waals surface area (Å²) in [7, 11) is -0.132. The molecule has 1 aromatic heterocycles. The quantitative estimate of drug-likeness (QED) is 0.783. The van der Waals surface area contributed by atoms with Crippen LogP contribution in [0.2, 0.25) is 0 Å². The van der Waals surface area contributed by atoms with E-state index in [-0.39, 0.29) is 0 Å². The normalized spacial score (nSPS) is 21.8. The minimum absolute atomic E-state index is 0.422. The van der Waals surface area contributed by atoms with Gasteiger partial charge in [-0.1, -0.05) is 0 Å². The minimum Gasteiger partial charge on any atom is -0.497 e. The molecule has 0 aliphatic carbocycles. The minimum atomic E-state index is -1.15. The van der Waals surface area contributed by atoms with E-state index < -0.39 is 29.1 Å². The maximum atomic E-state index is 11.5. The first kappa shape index (κ1) is 15.5. The second-order valence-electron chi connectivity index (χ2n) is 5.81. The van der Waals surface area contributed by atoms with Crippen LogP contribution in [0.4, 0.5) is 0 Å². The maximum absolute atomic E-state index is 11.5. The highest BCUT2D eigenvalue weighted by molar-refractivity contribution is 7.84. The summed E-state index contributed by atoms with van der Waals surface area (Å²) in [6.07, 6.45) is 3.19. The lowest BCUT2D eigenvalue weighted by Crippen LogP contribution is -2.41. The van der Waals surface area contributed by atoms with Gasteiger partial charge in [-0.2, -0.15) is 0 Å². The predicted octanol–water partition coefficient (Wildman–Crippen LogP) is 1.13. The van der Waals surface area contributed by atoms with Gasteiger partial charge in [0.2, 0.25) is 0 Å². The van der Waals surface area contributed by atoms with Crippen molar-refractivity contribution in [3.63, 3.8) is 0 Å². The Kier molecular flexibility index (Phi) is 3.97. The molecule has 2 heterocycles. The molecule has 7 heteroatoms. The molecule has 110 valence electrons. The molecule has 5 nitrogen and oxygen atoms in total. The van der Waals surface area contributed by atoms with Gasteiger partial charge < -0.3 is 14.0 Å². The van der Waals surface area contributed by atoms with Crippen LogP contribution in [0.5, 0.6) is 5.75 Å². The van der Waals surface area contributed by atoms with Gasteiger partial charge in [0, 0.05) is 24.0 Å². The molecule has 1 saturated heterocycles. The van der Waals surface area contributed by atoms with Crippen LogP contribution in [0.25, 0.3) is 0 Å². The van der Waals surface area contributed by atoms with Crippen molar-refractivity contribution in [2.75, 3.05) is 13.4 Å². The summed E-state index contributed by atoms with van der Waals surface area (Å²) in [5.74, 6) is 0.573. The summed E-state index contributed by atoms with van der Waals surface area (Å²) < 4.78 is 28.8. The Hall–Kier alpha value is -0.915. The lowest BCUT2D eigenvalue weighted by molar-refractivity contribution is 0.00578. The van der Waals surface area contributed by atoms with E-state index in [4.69, 9.17) is 14.0 Å². The van der Waals surface area contributed by atoms with Crippen LogP contribution < -0.4 is 10.2 Å². The van der Waals surface area contributed by atoms with Gasteiger partial charge >= 0.3 is 7.12 Å². The second kappa shape index (κ2) is 5.13. The SMILES string of the molecule is COc1cc(S(C)=O)ncc1B1OC(C)(C)C(C)(C)O1. The molecule has 1 aliphatic heterocycles. The topological polar surface area (TPSA) is 57.7 Å². The number of nitrogens with zero attached hydrogens (tertiary/aromatic N) is 1. The van der Waals surface area contributed by atoms with Crippen molar-refractivity contribution in [3.05, 3.63) is 12.3 Å². The van der Waals surface area contributed by atoms with E-state index in [1.54, 1.807) is 25.6 Å². The zero-order valence-corrected chi connectivity index (χ0v) is 13.5. The van der Waals surface area contributed by atoms with Crippen molar-refractivity contribution >= 4 is 23.4 Å². The number of aromatic nitrogens is 1. The van der Waals surface area contributed by atoms with E-state index in [1.165, 1.54) is 0 Å². The predicted molar refractivity (Wildman–Crippen MR) is 78.8 cm³/mol. The molecule has 0 amide bonds. The fraction of sp³-hybridized carbons (Fsp3) is 0.615. The lowest BCUT2D eigenvalue weighted by Gasteiger charge is -2.32. The summed E-state index contributed by atoms with van der Waals surface area (Å²) in [6.45, 7) is 7.95. The Labute approximate surface area is 122 Å². The Balaban J connectivity index is 2.37. The fourth-order valence-corrected chi connectivity index (χ4v) is 2.38. The van der Waals surface area contributed by atoms with Gasteiger partial charge in [-0.15, -0.1) is 0 Å². The zero-order valence-electron chi connectivity index (χ0n) is 12.7. The molecule has 0 saturated carbocycles. The Morgan fingerprint density at radius 1 is 1.25 bits per heavy atom. The van der Waals surface area contributed by atoms with Crippen LogP contribution in [-0.4, -0.2) is 40.9 Å². The van der Waals surface area contributed by atoms with Crippen LogP contribution in [0.3, 0.4) is 0 Å². The van der Waals surface area contributed by atoms with Gasteiger partial charge in [-0.3, -0.25) is 4.21 Å². The first-order valence-electron chi connectivity index (χ1n) is 6.41. The number of pyridine rings is 1. The molecule has 1 aliphatic rings. The third kappa shape index (κ3) is 2.62. The zero-order chi connectivity index (χ0) is 15.1. The number of rotatable bonds is 3. The number of hydrogen-bond donors (Lipinski definition) is 0. The molecule has 0 radical (unpaired) electrons. The van der Waals surface area contributed by atoms with Crippen molar-refractivity contribution < 1.29 is 18.3 Å². The third-order valence-electron chi connectivity index (χ3n) is 3.89. The average molecular weight is 297 g/mol. The lowest BCUT2D eigenvalue weighted by atomic mass is 9.79. The van der Waals surface area contributed by atoms with E-state index >= 15 is 0 Å². The van der Waals surface area contributed by atoms with Gasteiger partial charge in [-0.05, 0) is 27.7 Å². The van der Waals surface area contributed by atoms with Crippen LogP contribution in [0.15, 0.2) is 17.3 Å². The van der Waals surface area contributed by atoms with Crippen LogP contribution in [-0.2, 0) is 20.1 Å². The summed E-state index contributed by atoms with van der Waals surface area (Å²) in [5, 5.41) is 0.474. The largest absolute Gasteiger partial charge is 0.500 e. The van der Waals surface area contributed by atoms with Crippen LogP contribution in [0.1, 0.15) is 27.7 Å². The molecule has 0 bridgehead atoms. The van der Waals surface area contributed by atoms with E-state index in [0.29, 0.717) is 16.2 Å². The number of hydrogen-bond acceptors (Lipinski definition) is 5. The molecule has 0 spiro atoms. The number of ether oxygens (including phenoxy) is 1. The molecular formula is C13H20BNO4S. The summed E-state index contributed by atoms with van der Waals surface area (Å²) in [4.78, 5) is 4.19. The van der Waals surface area contributed by atoms with Crippen molar-refractivity contribution in [2.45, 2.75) is 43.9 Å². The molecule has 20 heavy (non-hydrogen) atoms. The van der Waals surface area contributed by atoms with Crippen molar-refractivity contribution in [3.8, 4) is 5.75 Å². The van der Waals surface area contributed by atoms with E-state index in [0.717, 1.165) is 0 Å². The van der Waals surface area contributed by atoms with Crippen molar-refractivity contribution in [2.24, 2.45) is 0 Å². The molecule has 1 fully saturated rings. The third-order valence-corrected chi connectivity index (χ3v) is 4.70. The summed E-state index contributed by atoms with van der Waals surface area (Å²) in [6, 6.07) is 1.66. The standard InChI is InChI=1S/C13H20BNO4S/c1-12(2)13(3,4)19-14(18-12)9-8-15-11(20(6)16)7-10(9)17-5/h7-8H,1-6H3. The molecule has 2 rings (SSSR count). The first-order chi connectivity index (χ1) is 9.18. The summed E-state index contributed by atoms with van der Waals surface area (Å²) in [5.41, 5.74) is -0.135. The first-order valence-corrected chi connectivity index (χ1v) is 7.97. The Morgan fingerprint density at radius 2 is 1.80 bits per heavy atom. The van der Waals surface area contributed by atoms with Crippen molar-refractivity contribution in [1.29, 1.82) is 0 Å². The van der Waals surface area contributed by atoms with Crippen LogP contribution in [0, 0.1) is 0 Å². The smallest absolute Gasteiger partial charge is 0.497 e. The molecule has 1 aromatic rings. The van der Waals surface area contributed by atoms with E-state index in [9.17, 15) is 4.21 Å². The van der Waals surface area contributed by atoms with Gasteiger partial charge in [0.25, 0.3) is 0 Å². The van der Waals surface area contributed by atoms with Crippen molar-refractivity contribution in [1.82, 2.24) is 4.98 Å². The summed E-state index contributed by atoms with van der Waals surface area (Å²) >= 11 is 0. The highest BCUT2D eigenvalue weighted by Crippen LogP contribution is 2.37. The van der Waals surface area contributed by atoms with E-state index in [2.05, 4.69) is 4.98 Å².